The first kappa shape index (κ1) is 14.8. The highest BCUT2D eigenvalue weighted by molar-refractivity contribution is 5.91. The van der Waals surface area contributed by atoms with Crippen molar-refractivity contribution in [2.75, 3.05) is 33.1 Å². The molecule has 0 aromatic heterocycles. The Bertz CT molecular complexity index is 455. The van der Waals surface area contributed by atoms with Crippen LogP contribution in [0.15, 0.2) is 24.3 Å². The van der Waals surface area contributed by atoms with Gasteiger partial charge >= 0.3 is 0 Å². The first-order valence-electron chi connectivity index (χ1n) is 6.78. The zero-order chi connectivity index (χ0) is 14.6. The standard InChI is InChI=1S/C15H22N2O3/c1-19-10-13(20-2)9-17-14(18)15(7-8-15)11-3-5-12(16)6-4-11/h3-6,13H,7-10,16H2,1-2H3,(H,17,18). The largest absolute Gasteiger partial charge is 0.399 e. The molecular weight excluding hydrogens is 256 g/mol. The lowest BCUT2D eigenvalue weighted by atomic mass is 9.94. The molecule has 0 bridgehead atoms. The quantitative estimate of drug-likeness (QED) is 0.732. The zero-order valence-corrected chi connectivity index (χ0v) is 12.0. The fraction of sp³-hybridized carbons (Fsp3) is 0.533. The molecule has 1 aliphatic carbocycles. The average Bonchev–Trinajstić information content (AvgIpc) is 3.25. The first-order valence-corrected chi connectivity index (χ1v) is 6.78. The number of amides is 1. The molecule has 20 heavy (non-hydrogen) atoms. The summed E-state index contributed by atoms with van der Waals surface area (Å²) in [6, 6.07) is 7.55. The second kappa shape index (κ2) is 6.24. The SMILES string of the molecule is COCC(CNC(=O)C1(c2ccc(N)cc2)CC1)OC. The van der Waals surface area contributed by atoms with Crippen molar-refractivity contribution in [1.82, 2.24) is 5.32 Å². The van der Waals surface area contributed by atoms with Gasteiger partial charge in [-0.15, -0.1) is 0 Å². The van der Waals surface area contributed by atoms with E-state index >= 15 is 0 Å². The maximum Gasteiger partial charge on any atom is 0.230 e. The Hall–Kier alpha value is -1.59. The number of carbonyl (C=O) groups is 1. The van der Waals surface area contributed by atoms with Crippen molar-refractivity contribution in [2.24, 2.45) is 0 Å². The summed E-state index contributed by atoms with van der Waals surface area (Å²) in [7, 11) is 3.23. The van der Waals surface area contributed by atoms with Gasteiger partial charge in [0.1, 0.15) is 0 Å². The molecule has 1 fully saturated rings. The van der Waals surface area contributed by atoms with Gasteiger partial charge in [-0.3, -0.25) is 4.79 Å². The van der Waals surface area contributed by atoms with Gasteiger partial charge in [-0.05, 0) is 30.5 Å². The zero-order valence-electron chi connectivity index (χ0n) is 12.0. The number of benzene rings is 1. The average molecular weight is 278 g/mol. The van der Waals surface area contributed by atoms with Gasteiger partial charge in [0.25, 0.3) is 0 Å². The van der Waals surface area contributed by atoms with Crippen LogP contribution in [0, 0.1) is 0 Å². The predicted octanol–water partition coefficient (Wildman–Crippen LogP) is 1.08. The smallest absolute Gasteiger partial charge is 0.230 e. The van der Waals surface area contributed by atoms with Crippen molar-refractivity contribution in [1.29, 1.82) is 0 Å². The number of carbonyl (C=O) groups excluding carboxylic acids is 1. The molecule has 1 saturated carbocycles. The Morgan fingerprint density at radius 1 is 1.35 bits per heavy atom. The molecule has 3 N–H and O–H groups in total. The molecule has 0 saturated heterocycles. The van der Waals surface area contributed by atoms with Gasteiger partial charge in [0, 0.05) is 26.5 Å². The monoisotopic (exact) mass is 278 g/mol. The summed E-state index contributed by atoms with van der Waals surface area (Å²) < 4.78 is 10.3. The number of hydrogen-bond donors (Lipinski definition) is 2. The van der Waals surface area contributed by atoms with Crippen LogP contribution in [0.2, 0.25) is 0 Å². The van der Waals surface area contributed by atoms with Gasteiger partial charge in [0.05, 0.1) is 18.1 Å². The number of nitrogen functional groups attached to an aromatic ring is 1. The Labute approximate surface area is 119 Å². The Morgan fingerprint density at radius 2 is 2.00 bits per heavy atom. The van der Waals surface area contributed by atoms with Gasteiger partial charge in [-0.2, -0.15) is 0 Å². The fourth-order valence-electron chi connectivity index (χ4n) is 2.35. The van der Waals surface area contributed by atoms with Crippen LogP contribution in [0.25, 0.3) is 0 Å². The molecule has 1 aromatic carbocycles. The third kappa shape index (κ3) is 3.11. The molecule has 1 atom stereocenters. The van der Waals surface area contributed by atoms with Crippen LogP contribution in [0.5, 0.6) is 0 Å². The molecule has 0 aliphatic heterocycles. The second-order valence-electron chi connectivity index (χ2n) is 5.23. The van der Waals surface area contributed by atoms with Gasteiger partial charge in [-0.25, -0.2) is 0 Å². The van der Waals surface area contributed by atoms with Crippen LogP contribution in [-0.4, -0.2) is 39.4 Å². The topological polar surface area (TPSA) is 73.6 Å². The Balaban J connectivity index is 1.96. The van der Waals surface area contributed by atoms with E-state index in [1.165, 1.54) is 0 Å². The summed E-state index contributed by atoms with van der Waals surface area (Å²) in [6.07, 6.45) is 1.64. The molecule has 0 spiro atoms. The lowest BCUT2D eigenvalue weighted by Crippen LogP contribution is -2.41. The maximum absolute atomic E-state index is 12.4. The highest BCUT2D eigenvalue weighted by Crippen LogP contribution is 2.48. The Morgan fingerprint density at radius 3 is 2.50 bits per heavy atom. The molecule has 5 heteroatoms. The van der Waals surface area contributed by atoms with Gasteiger partial charge in [-0.1, -0.05) is 12.1 Å². The van der Waals surface area contributed by atoms with Crippen molar-refractivity contribution in [3.8, 4) is 0 Å². The number of rotatable bonds is 7. The van der Waals surface area contributed by atoms with Gasteiger partial charge in [0.2, 0.25) is 5.91 Å². The van der Waals surface area contributed by atoms with Crippen LogP contribution in [-0.2, 0) is 19.7 Å². The molecule has 1 aromatic rings. The predicted molar refractivity (Wildman–Crippen MR) is 77.4 cm³/mol. The van der Waals surface area contributed by atoms with Crippen molar-refractivity contribution in [2.45, 2.75) is 24.4 Å². The number of anilines is 1. The molecule has 1 aliphatic rings. The lowest BCUT2D eigenvalue weighted by Gasteiger charge is -2.19. The summed E-state index contributed by atoms with van der Waals surface area (Å²) in [5.74, 6) is 0.0559. The molecular formula is C15H22N2O3. The van der Waals surface area contributed by atoms with E-state index in [0.29, 0.717) is 18.8 Å². The highest BCUT2D eigenvalue weighted by atomic mass is 16.5. The van der Waals surface area contributed by atoms with Crippen molar-refractivity contribution < 1.29 is 14.3 Å². The van der Waals surface area contributed by atoms with Crippen LogP contribution in [0.4, 0.5) is 5.69 Å². The number of nitrogens with one attached hydrogen (secondary N) is 1. The summed E-state index contributed by atoms with van der Waals surface area (Å²) in [5.41, 5.74) is 7.05. The summed E-state index contributed by atoms with van der Waals surface area (Å²) in [5, 5.41) is 2.96. The van der Waals surface area contributed by atoms with Crippen molar-refractivity contribution in [3.05, 3.63) is 29.8 Å². The van der Waals surface area contributed by atoms with E-state index in [-0.39, 0.29) is 17.4 Å². The molecule has 1 unspecified atom stereocenters. The summed E-state index contributed by atoms with van der Waals surface area (Å²) in [4.78, 5) is 12.4. The van der Waals surface area contributed by atoms with E-state index in [0.717, 1.165) is 18.4 Å². The number of hydrogen-bond acceptors (Lipinski definition) is 4. The molecule has 0 heterocycles. The van der Waals surface area contributed by atoms with Crippen LogP contribution in [0.1, 0.15) is 18.4 Å². The molecule has 110 valence electrons. The fourth-order valence-corrected chi connectivity index (χ4v) is 2.35. The van der Waals surface area contributed by atoms with Crippen molar-refractivity contribution in [3.63, 3.8) is 0 Å². The first-order chi connectivity index (χ1) is 9.62. The van der Waals surface area contributed by atoms with E-state index in [1.54, 1.807) is 14.2 Å². The van der Waals surface area contributed by atoms with E-state index in [4.69, 9.17) is 15.2 Å². The Kier molecular flexibility index (Phi) is 4.62. The van der Waals surface area contributed by atoms with E-state index in [2.05, 4.69) is 5.32 Å². The van der Waals surface area contributed by atoms with Crippen LogP contribution in [0.3, 0.4) is 0 Å². The number of ether oxygens (including phenoxy) is 2. The molecule has 1 amide bonds. The van der Waals surface area contributed by atoms with E-state index in [1.807, 2.05) is 24.3 Å². The van der Waals surface area contributed by atoms with Crippen molar-refractivity contribution >= 4 is 11.6 Å². The third-order valence-electron chi connectivity index (χ3n) is 3.82. The van der Waals surface area contributed by atoms with Gasteiger partial charge in [0.15, 0.2) is 0 Å². The van der Waals surface area contributed by atoms with E-state index in [9.17, 15) is 4.79 Å². The third-order valence-corrected chi connectivity index (χ3v) is 3.82. The lowest BCUT2D eigenvalue weighted by molar-refractivity contribution is -0.124. The number of nitrogens with two attached hydrogens (primary N) is 1. The highest BCUT2D eigenvalue weighted by Gasteiger charge is 2.51. The second-order valence-corrected chi connectivity index (χ2v) is 5.23. The summed E-state index contributed by atoms with van der Waals surface area (Å²) >= 11 is 0. The van der Waals surface area contributed by atoms with E-state index < -0.39 is 0 Å². The summed E-state index contributed by atoms with van der Waals surface area (Å²) in [6.45, 7) is 0.922. The molecule has 5 nitrogen and oxygen atoms in total. The minimum Gasteiger partial charge on any atom is -0.399 e. The van der Waals surface area contributed by atoms with Crippen LogP contribution < -0.4 is 11.1 Å². The van der Waals surface area contributed by atoms with Gasteiger partial charge < -0.3 is 20.5 Å². The minimum atomic E-state index is -0.376. The minimum absolute atomic E-state index is 0.0559. The molecule has 2 rings (SSSR count). The number of methoxy groups -OCH3 is 2. The van der Waals surface area contributed by atoms with Crippen LogP contribution >= 0.6 is 0 Å². The maximum atomic E-state index is 12.4. The molecule has 0 radical (unpaired) electrons. The normalized spacial score (nSPS) is 17.5.